The van der Waals surface area contributed by atoms with Crippen molar-refractivity contribution in [1.82, 2.24) is 0 Å². The largest absolute Gasteiger partial charge is 0.0622 e. The highest BCUT2D eigenvalue weighted by Gasteiger charge is 2.22. The van der Waals surface area contributed by atoms with Crippen molar-refractivity contribution in [3.05, 3.63) is 146 Å². The predicted octanol–water partition coefficient (Wildman–Crippen LogP) is 10.6. The van der Waals surface area contributed by atoms with Gasteiger partial charge in [0.1, 0.15) is 0 Å². The third-order valence-electron chi connectivity index (χ3n) is 6.19. The molecule has 0 nitrogen and oxygen atoms in total. The van der Waals surface area contributed by atoms with E-state index in [0.29, 0.717) is 0 Å². The van der Waals surface area contributed by atoms with E-state index in [1.807, 2.05) is 0 Å². The van der Waals surface area contributed by atoms with Gasteiger partial charge in [-0.15, -0.1) is 0 Å². The smallest absolute Gasteiger partial charge is 0.00964 e. The Morgan fingerprint density at radius 3 is 0.647 bits per heavy atom. The molecule has 2 heterocycles. The highest BCUT2D eigenvalue weighted by atomic mass is 32.0. The number of hydrogen-bond donors (Lipinski definition) is 0. The fourth-order valence-corrected chi connectivity index (χ4v) is 13.2. The molecule has 6 aromatic rings. The Labute approximate surface area is 203 Å². The second kappa shape index (κ2) is 9.36. The topological polar surface area (TPSA) is 0 Å². The molecule has 0 aliphatic rings. The van der Waals surface area contributed by atoms with E-state index in [1.165, 1.54) is 43.4 Å². The lowest BCUT2D eigenvalue weighted by Gasteiger charge is -2.16. The molecule has 0 spiro atoms. The summed E-state index contributed by atoms with van der Waals surface area (Å²) in [4.78, 5) is 0. The van der Waals surface area contributed by atoms with Gasteiger partial charge >= 0.3 is 0 Å². The molecule has 0 aliphatic carbocycles. The molecule has 0 N–H and O–H groups in total. The van der Waals surface area contributed by atoms with Gasteiger partial charge in [0.15, 0.2) is 0 Å². The van der Waals surface area contributed by atoms with Crippen LogP contribution in [0.25, 0.3) is 43.4 Å². The highest BCUT2D eigenvalue weighted by Crippen LogP contribution is 2.74. The molecule has 2 aromatic heterocycles. The molecule has 0 unspecified atom stereocenters. The molecule has 0 fully saturated rings. The lowest BCUT2D eigenvalue weighted by atomic mass is 10.2. The van der Waals surface area contributed by atoms with Gasteiger partial charge in [0.05, 0.1) is 0 Å². The first-order valence-corrected chi connectivity index (χ1v) is 14.9. The van der Waals surface area contributed by atoms with E-state index in [0.717, 1.165) is 0 Å². The van der Waals surface area contributed by atoms with Gasteiger partial charge in [-0.1, -0.05) is 136 Å². The van der Waals surface area contributed by atoms with Crippen LogP contribution in [0.1, 0.15) is 0 Å². The Morgan fingerprint density at radius 1 is 0.235 bits per heavy atom. The summed E-state index contributed by atoms with van der Waals surface area (Å²) in [6.45, 7) is 0. The van der Waals surface area contributed by atoms with Gasteiger partial charge in [-0.2, -0.15) is 0 Å². The minimum atomic E-state index is -0.601. The Bertz CT molecular complexity index is 1280. The molecule has 0 amide bonds. The van der Waals surface area contributed by atoms with Crippen LogP contribution in [0.3, 0.4) is 0 Å². The Kier molecular flexibility index (Phi) is 5.78. The van der Waals surface area contributed by atoms with Gasteiger partial charge in [-0.25, -0.2) is 0 Å². The van der Waals surface area contributed by atoms with Crippen molar-refractivity contribution in [2.24, 2.45) is 0 Å². The molecule has 34 heavy (non-hydrogen) atoms. The summed E-state index contributed by atoms with van der Waals surface area (Å²) in [5, 5.41) is 5.91. The molecule has 0 atom stereocenters. The lowest BCUT2D eigenvalue weighted by Crippen LogP contribution is -1.75. The fourth-order valence-electron chi connectivity index (χ4n) is 4.60. The minimum absolute atomic E-state index is 0.601. The van der Waals surface area contributed by atoms with E-state index in [1.54, 1.807) is 0 Å². The fraction of sp³-hybridized carbons (Fsp3) is 0. The van der Waals surface area contributed by atoms with Crippen molar-refractivity contribution in [1.29, 1.82) is 0 Å². The molecule has 2 heteroatoms. The van der Waals surface area contributed by atoms with Crippen molar-refractivity contribution < 1.29 is 0 Å². The van der Waals surface area contributed by atoms with Crippen LogP contribution in [0, 0.1) is 0 Å². The van der Waals surface area contributed by atoms with Crippen molar-refractivity contribution in [3.8, 4) is 43.4 Å². The van der Waals surface area contributed by atoms with Gasteiger partial charge in [0, 0.05) is 21.2 Å². The van der Waals surface area contributed by atoms with Crippen LogP contribution in [0.15, 0.2) is 146 Å². The first-order valence-electron chi connectivity index (χ1n) is 11.6. The quantitative estimate of drug-likeness (QED) is 0.235. The third-order valence-corrected chi connectivity index (χ3v) is 13.8. The number of hydrogen-bond acceptors (Lipinski definition) is 0. The summed E-state index contributed by atoms with van der Waals surface area (Å²) < 4.78 is 0. The molecule has 4 aromatic carbocycles. The lowest BCUT2D eigenvalue weighted by molar-refractivity contribution is 1.69. The first kappa shape index (κ1) is 21.0. The van der Waals surface area contributed by atoms with E-state index in [-0.39, 0.29) is 0 Å². The number of benzene rings is 4. The molecule has 0 bridgehead atoms. The van der Waals surface area contributed by atoms with Crippen LogP contribution >= 0.6 is 14.4 Å². The highest BCUT2D eigenvalue weighted by molar-refractivity contribution is 8.26. The van der Waals surface area contributed by atoms with Crippen molar-refractivity contribution in [2.75, 3.05) is 0 Å². The van der Waals surface area contributed by atoms with E-state index >= 15 is 0 Å². The summed E-state index contributed by atoms with van der Waals surface area (Å²) >= 11 is 0. The summed E-state index contributed by atoms with van der Waals surface area (Å²) in [5.74, 6) is 0. The normalized spacial score (nSPS) is 10.9. The van der Waals surface area contributed by atoms with E-state index in [9.17, 15) is 0 Å². The second-order valence-corrected chi connectivity index (χ2v) is 13.9. The van der Waals surface area contributed by atoms with E-state index in [4.69, 9.17) is 0 Å². The van der Waals surface area contributed by atoms with Crippen LogP contribution < -0.4 is 0 Å². The van der Waals surface area contributed by atoms with Gasteiger partial charge in [-0.3, -0.25) is 0 Å². The molecule has 0 radical (unpaired) electrons. The van der Waals surface area contributed by atoms with Crippen LogP contribution in [0.4, 0.5) is 0 Å². The summed E-state index contributed by atoms with van der Waals surface area (Å²) in [5.41, 5.74) is 5.35. The van der Waals surface area contributed by atoms with Gasteiger partial charge < -0.3 is 0 Å². The third kappa shape index (κ3) is 3.86. The van der Waals surface area contributed by atoms with E-state index in [2.05, 4.69) is 146 Å². The zero-order valence-electron chi connectivity index (χ0n) is 18.8. The van der Waals surface area contributed by atoms with Crippen molar-refractivity contribution in [2.45, 2.75) is 0 Å². The first-order chi connectivity index (χ1) is 16.9. The molecule has 6 rings (SSSR count). The Hall–Kier alpha value is -3.56. The second-order valence-electron chi connectivity index (χ2n) is 8.30. The van der Waals surface area contributed by atoms with E-state index < -0.39 is 14.4 Å². The monoisotopic (exact) mass is 470 g/mol. The maximum absolute atomic E-state index is 2.38. The molecular formula is C32H24P2. The Morgan fingerprint density at radius 2 is 0.441 bits per heavy atom. The van der Waals surface area contributed by atoms with Crippen LogP contribution in [0.5, 0.6) is 0 Å². The van der Waals surface area contributed by atoms with Crippen LogP contribution in [-0.2, 0) is 0 Å². The SMILES string of the molecule is c1ccc(-c2ccc(-c3ccccc3)p2-p2c(-c3ccccc3)ccc2-c2ccccc2)cc1. The molecule has 162 valence electrons. The van der Waals surface area contributed by atoms with Crippen LogP contribution in [0.2, 0.25) is 0 Å². The number of rotatable bonds is 5. The maximum Gasteiger partial charge on any atom is 0.00964 e. The van der Waals surface area contributed by atoms with Gasteiger partial charge in [-0.05, 0) is 46.5 Å². The summed E-state index contributed by atoms with van der Waals surface area (Å²) in [6.07, 6.45) is 0. The summed E-state index contributed by atoms with van der Waals surface area (Å²) in [6, 6.07) is 53.4. The van der Waals surface area contributed by atoms with Gasteiger partial charge in [0.25, 0.3) is 0 Å². The molecular weight excluding hydrogens is 446 g/mol. The zero-order valence-corrected chi connectivity index (χ0v) is 20.5. The Balaban J connectivity index is 1.70. The summed E-state index contributed by atoms with van der Waals surface area (Å²) in [7, 11) is -1.20. The van der Waals surface area contributed by atoms with Crippen LogP contribution in [-0.4, -0.2) is 0 Å². The average Bonchev–Trinajstić information content (AvgIpc) is 3.55. The molecule has 0 saturated carbocycles. The van der Waals surface area contributed by atoms with Gasteiger partial charge in [0.2, 0.25) is 0 Å². The maximum atomic E-state index is 2.38. The minimum Gasteiger partial charge on any atom is -0.0622 e. The predicted molar refractivity (Wildman–Crippen MR) is 151 cm³/mol. The van der Waals surface area contributed by atoms with Crippen molar-refractivity contribution in [3.63, 3.8) is 0 Å². The zero-order chi connectivity index (χ0) is 22.7. The molecule has 0 saturated heterocycles. The van der Waals surface area contributed by atoms with Crippen molar-refractivity contribution >= 4 is 14.4 Å². The molecule has 0 aliphatic heterocycles. The standard InChI is InChI=1S/C32H24P2/c1-5-13-25(14-6-1)29-21-22-30(26-15-7-2-8-16-26)33(29)34-31(27-17-9-3-10-18-27)23-24-32(34)28-19-11-4-12-20-28/h1-24H. The average molecular weight is 470 g/mol.